The molecule has 2 heterocycles. The van der Waals surface area contributed by atoms with E-state index in [0.29, 0.717) is 15.6 Å². The maximum Gasteiger partial charge on any atom is 0.164 e. The average molecular weight is 429 g/mol. The molecule has 0 aliphatic heterocycles. The molecule has 1 N–H and O–H groups in total. The number of rotatable bonds is 4. The van der Waals surface area contributed by atoms with Gasteiger partial charge in [-0.2, -0.15) is 5.10 Å². The summed E-state index contributed by atoms with van der Waals surface area (Å²) in [5.41, 5.74) is 1.80. The van der Waals surface area contributed by atoms with E-state index in [9.17, 15) is 4.39 Å². The predicted octanol–water partition coefficient (Wildman–Crippen LogP) is 3.68. The van der Waals surface area contributed by atoms with E-state index in [0.717, 1.165) is 28.8 Å². The number of anilines is 1. The second-order valence-electron chi connectivity index (χ2n) is 4.76. The highest BCUT2D eigenvalue weighted by molar-refractivity contribution is 9.10. The summed E-state index contributed by atoms with van der Waals surface area (Å²) >= 11 is 6.62. The van der Waals surface area contributed by atoms with Gasteiger partial charge in [0.05, 0.1) is 9.86 Å². The molecule has 1 aromatic carbocycles. The monoisotopic (exact) mass is 427 g/mol. The Hall–Kier alpha value is -1.54. The maximum atomic E-state index is 13.2. The molecule has 0 bridgehead atoms. The van der Waals surface area contributed by atoms with Crippen molar-refractivity contribution in [3.63, 3.8) is 0 Å². The Bertz CT molecular complexity index is 833. The van der Waals surface area contributed by atoms with Gasteiger partial charge in [0, 0.05) is 13.6 Å². The molecular weight excluding hydrogens is 417 g/mol. The van der Waals surface area contributed by atoms with Crippen LogP contribution in [0, 0.1) is 5.82 Å². The van der Waals surface area contributed by atoms with Crippen LogP contribution in [-0.4, -0.2) is 26.3 Å². The lowest BCUT2D eigenvalue weighted by molar-refractivity contribution is 0.620. The first-order valence-electron chi connectivity index (χ1n) is 6.57. The second-order valence-corrected chi connectivity index (χ2v) is 6.37. The van der Waals surface area contributed by atoms with E-state index in [1.165, 1.54) is 12.4 Å². The summed E-state index contributed by atoms with van der Waals surface area (Å²) in [5.74, 6) is 0.472. The van der Waals surface area contributed by atoms with Gasteiger partial charge < -0.3 is 5.32 Å². The molecule has 0 atom stereocenters. The normalized spacial score (nSPS) is 11.1. The summed E-state index contributed by atoms with van der Waals surface area (Å²) in [4.78, 5) is 8.49. The molecule has 3 aromatic rings. The van der Waals surface area contributed by atoms with E-state index in [2.05, 4.69) is 52.2 Å². The second kappa shape index (κ2) is 6.29. The fourth-order valence-corrected chi connectivity index (χ4v) is 3.22. The number of fused-ring (bicyclic) bond motifs is 1. The highest BCUT2D eigenvalue weighted by Gasteiger charge is 2.12. The third-order valence-corrected chi connectivity index (χ3v) is 4.43. The molecule has 2 aromatic heterocycles. The van der Waals surface area contributed by atoms with Crippen molar-refractivity contribution < 1.29 is 4.39 Å². The SMILES string of the molecule is Cn1nc(Br)c2c(NCCc3ccc(F)c(Br)c3)ncnc21. The Morgan fingerprint density at radius 3 is 2.86 bits per heavy atom. The minimum Gasteiger partial charge on any atom is -0.369 e. The quantitative estimate of drug-likeness (QED) is 0.688. The Morgan fingerprint density at radius 2 is 2.09 bits per heavy atom. The molecule has 0 amide bonds. The molecule has 0 aliphatic rings. The van der Waals surface area contributed by atoms with Crippen LogP contribution in [0.2, 0.25) is 0 Å². The minimum absolute atomic E-state index is 0.256. The Labute approximate surface area is 143 Å². The van der Waals surface area contributed by atoms with Crippen molar-refractivity contribution in [2.45, 2.75) is 6.42 Å². The van der Waals surface area contributed by atoms with Crippen LogP contribution in [-0.2, 0) is 13.5 Å². The van der Waals surface area contributed by atoms with Gasteiger partial charge in [0.2, 0.25) is 0 Å². The average Bonchev–Trinajstić information content (AvgIpc) is 2.79. The van der Waals surface area contributed by atoms with E-state index >= 15 is 0 Å². The lowest BCUT2D eigenvalue weighted by Gasteiger charge is -2.07. The van der Waals surface area contributed by atoms with Crippen molar-refractivity contribution in [3.8, 4) is 0 Å². The van der Waals surface area contributed by atoms with Gasteiger partial charge in [-0.05, 0) is 56.0 Å². The number of benzene rings is 1. The van der Waals surface area contributed by atoms with Gasteiger partial charge in [0.15, 0.2) is 5.65 Å². The van der Waals surface area contributed by atoms with Crippen LogP contribution in [0.5, 0.6) is 0 Å². The van der Waals surface area contributed by atoms with Crippen LogP contribution >= 0.6 is 31.9 Å². The van der Waals surface area contributed by atoms with Crippen LogP contribution in [0.1, 0.15) is 5.56 Å². The molecule has 0 fully saturated rings. The number of nitrogens with one attached hydrogen (secondary N) is 1. The first-order chi connectivity index (χ1) is 10.6. The van der Waals surface area contributed by atoms with E-state index < -0.39 is 0 Å². The van der Waals surface area contributed by atoms with Gasteiger partial charge in [0.25, 0.3) is 0 Å². The number of hydrogen-bond acceptors (Lipinski definition) is 4. The van der Waals surface area contributed by atoms with Crippen molar-refractivity contribution in [3.05, 3.63) is 45.0 Å². The Morgan fingerprint density at radius 1 is 1.27 bits per heavy atom. The Balaban J connectivity index is 1.75. The third-order valence-electron chi connectivity index (χ3n) is 3.27. The standard InChI is InChI=1S/C14H12Br2FN5/c1-22-14-11(12(16)21-22)13(19-7-20-14)18-5-4-8-2-3-10(17)9(15)6-8/h2-3,6-7H,4-5H2,1H3,(H,18,19,20). The zero-order chi connectivity index (χ0) is 15.7. The topological polar surface area (TPSA) is 55.6 Å². The summed E-state index contributed by atoms with van der Waals surface area (Å²) in [6, 6.07) is 5.02. The fraction of sp³-hybridized carbons (Fsp3) is 0.214. The summed E-state index contributed by atoms with van der Waals surface area (Å²) < 4.78 is 16.1. The predicted molar refractivity (Wildman–Crippen MR) is 90.3 cm³/mol. The first-order valence-corrected chi connectivity index (χ1v) is 8.16. The molecule has 0 radical (unpaired) electrons. The van der Waals surface area contributed by atoms with Crippen LogP contribution in [0.25, 0.3) is 11.0 Å². The van der Waals surface area contributed by atoms with E-state index in [-0.39, 0.29) is 5.82 Å². The smallest absolute Gasteiger partial charge is 0.164 e. The van der Waals surface area contributed by atoms with Crippen molar-refractivity contribution in [2.75, 3.05) is 11.9 Å². The number of aromatic nitrogens is 4. The summed E-state index contributed by atoms with van der Waals surface area (Å²) in [5, 5.41) is 8.41. The number of nitrogens with zero attached hydrogens (tertiary/aromatic N) is 4. The molecule has 0 aliphatic carbocycles. The van der Waals surface area contributed by atoms with Crippen LogP contribution < -0.4 is 5.32 Å². The molecule has 0 unspecified atom stereocenters. The third kappa shape index (κ3) is 2.98. The molecular formula is C14H12Br2FN5. The largest absolute Gasteiger partial charge is 0.369 e. The highest BCUT2D eigenvalue weighted by atomic mass is 79.9. The first kappa shape index (κ1) is 15.4. The van der Waals surface area contributed by atoms with E-state index in [1.54, 1.807) is 16.8 Å². The van der Waals surface area contributed by atoms with Gasteiger partial charge in [0.1, 0.15) is 22.6 Å². The van der Waals surface area contributed by atoms with Crippen molar-refractivity contribution >= 4 is 48.7 Å². The molecule has 8 heteroatoms. The molecule has 5 nitrogen and oxygen atoms in total. The van der Waals surface area contributed by atoms with Crippen molar-refractivity contribution in [1.29, 1.82) is 0 Å². The number of aryl methyl sites for hydroxylation is 1. The van der Waals surface area contributed by atoms with Gasteiger partial charge in [-0.15, -0.1) is 0 Å². The lowest BCUT2D eigenvalue weighted by atomic mass is 10.1. The van der Waals surface area contributed by atoms with Crippen LogP contribution in [0.3, 0.4) is 0 Å². The van der Waals surface area contributed by atoms with Crippen molar-refractivity contribution in [1.82, 2.24) is 19.7 Å². The lowest BCUT2D eigenvalue weighted by Crippen LogP contribution is -2.07. The van der Waals surface area contributed by atoms with E-state index in [1.807, 2.05) is 7.05 Å². The highest BCUT2D eigenvalue weighted by Crippen LogP contribution is 2.26. The maximum absolute atomic E-state index is 13.2. The molecule has 114 valence electrons. The number of halogens is 3. The van der Waals surface area contributed by atoms with Gasteiger partial charge in [-0.25, -0.2) is 19.0 Å². The number of hydrogen-bond donors (Lipinski definition) is 1. The van der Waals surface area contributed by atoms with Crippen LogP contribution in [0.15, 0.2) is 33.6 Å². The van der Waals surface area contributed by atoms with Gasteiger partial charge in [-0.3, -0.25) is 0 Å². The van der Waals surface area contributed by atoms with Crippen LogP contribution in [0.4, 0.5) is 10.2 Å². The summed E-state index contributed by atoms with van der Waals surface area (Å²) in [7, 11) is 1.83. The zero-order valence-corrected chi connectivity index (χ0v) is 14.8. The molecule has 0 saturated heterocycles. The molecule has 0 saturated carbocycles. The van der Waals surface area contributed by atoms with Gasteiger partial charge in [-0.1, -0.05) is 6.07 Å². The fourth-order valence-electron chi connectivity index (χ4n) is 2.20. The summed E-state index contributed by atoms with van der Waals surface area (Å²) in [6.07, 6.45) is 2.26. The summed E-state index contributed by atoms with van der Waals surface area (Å²) in [6.45, 7) is 0.672. The molecule has 3 rings (SSSR count). The van der Waals surface area contributed by atoms with Gasteiger partial charge >= 0.3 is 0 Å². The van der Waals surface area contributed by atoms with Crippen molar-refractivity contribution in [2.24, 2.45) is 7.05 Å². The molecule has 22 heavy (non-hydrogen) atoms. The zero-order valence-electron chi connectivity index (χ0n) is 11.6. The minimum atomic E-state index is -0.256. The molecule has 0 spiro atoms. The Kier molecular flexibility index (Phi) is 4.39. The van der Waals surface area contributed by atoms with E-state index in [4.69, 9.17) is 0 Å².